The first-order valence-electron chi connectivity index (χ1n) is 9.84. The van der Waals surface area contributed by atoms with E-state index in [1.165, 1.54) is 0 Å². The van der Waals surface area contributed by atoms with E-state index in [1.807, 2.05) is 41.5 Å². The first kappa shape index (κ1) is 25.1. The third-order valence-corrected chi connectivity index (χ3v) is 4.87. The lowest BCUT2D eigenvalue weighted by molar-refractivity contribution is -0.184. The predicted octanol–water partition coefficient (Wildman–Crippen LogP) is 4.70. The van der Waals surface area contributed by atoms with Gasteiger partial charge in [-0.25, -0.2) is 4.79 Å². The monoisotopic (exact) mass is 372 g/mol. The van der Waals surface area contributed by atoms with Crippen LogP contribution >= 0.6 is 0 Å². The summed E-state index contributed by atoms with van der Waals surface area (Å²) in [5.41, 5.74) is -1.68. The zero-order valence-electron chi connectivity index (χ0n) is 18.3. The Morgan fingerprint density at radius 2 is 1.42 bits per heavy atom. The number of ketones is 1. The molecule has 1 atom stereocenters. The molecular formula is C21H40O5. The molecule has 0 N–H and O–H groups in total. The standard InChI is InChI=1S/C21H40O5/c1-15(2)24-14-12-10-11-13-18(22)20(6,7)21(8,9)26-19(23)17(5)25-16(3)4/h15-17H,10-14H2,1-9H3. The van der Waals surface area contributed by atoms with Crippen molar-refractivity contribution in [2.75, 3.05) is 6.61 Å². The van der Waals surface area contributed by atoms with E-state index in [-0.39, 0.29) is 18.0 Å². The first-order chi connectivity index (χ1) is 11.8. The fraction of sp³-hybridized carbons (Fsp3) is 0.905. The molecule has 0 rings (SSSR count). The van der Waals surface area contributed by atoms with E-state index in [0.29, 0.717) is 6.42 Å². The van der Waals surface area contributed by atoms with Gasteiger partial charge in [0.05, 0.1) is 17.6 Å². The summed E-state index contributed by atoms with van der Waals surface area (Å²) < 4.78 is 16.6. The molecule has 0 spiro atoms. The summed E-state index contributed by atoms with van der Waals surface area (Å²) in [6.45, 7) is 17.5. The van der Waals surface area contributed by atoms with E-state index in [2.05, 4.69) is 0 Å². The van der Waals surface area contributed by atoms with Crippen LogP contribution in [0.3, 0.4) is 0 Å². The second kappa shape index (κ2) is 11.0. The summed E-state index contributed by atoms with van der Waals surface area (Å²) in [5.74, 6) is -0.326. The fourth-order valence-electron chi connectivity index (χ4n) is 2.46. The lowest BCUT2D eigenvalue weighted by Gasteiger charge is -2.40. The molecule has 0 aromatic carbocycles. The van der Waals surface area contributed by atoms with Gasteiger partial charge >= 0.3 is 5.97 Å². The molecule has 0 aliphatic heterocycles. The van der Waals surface area contributed by atoms with Crippen LogP contribution in [0.2, 0.25) is 0 Å². The van der Waals surface area contributed by atoms with Gasteiger partial charge in [-0.3, -0.25) is 4.79 Å². The third kappa shape index (κ3) is 8.63. The molecule has 0 saturated heterocycles. The normalized spacial score (nSPS) is 14.0. The summed E-state index contributed by atoms with van der Waals surface area (Å²) in [4.78, 5) is 25.0. The van der Waals surface area contributed by atoms with Crippen molar-refractivity contribution in [3.8, 4) is 0 Å². The van der Waals surface area contributed by atoms with Crippen molar-refractivity contribution >= 4 is 11.8 Å². The first-order valence-corrected chi connectivity index (χ1v) is 9.84. The number of carbonyl (C=O) groups excluding carboxylic acids is 2. The summed E-state index contributed by atoms with van der Waals surface area (Å²) in [6, 6.07) is 0. The summed E-state index contributed by atoms with van der Waals surface area (Å²) in [5, 5.41) is 0. The molecule has 0 aliphatic rings. The van der Waals surface area contributed by atoms with Crippen LogP contribution in [0.5, 0.6) is 0 Å². The Kier molecular flexibility index (Phi) is 10.6. The van der Waals surface area contributed by atoms with E-state index in [0.717, 1.165) is 25.9 Å². The lowest BCUT2D eigenvalue weighted by Crippen LogP contribution is -2.49. The Balaban J connectivity index is 4.54. The lowest BCUT2D eigenvalue weighted by atomic mass is 9.72. The molecule has 0 aliphatic carbocycles. The van der Waals surface area contributed by atoms with Gasteiger partial charge < -0.3 is 14.2 Å². The maximum Gasteiger partial charge on any atom is 0.335 e. The van der Waals surface area contributed by atoms with Crippen molar-refractivity contribution in [2.45, 2.75) is 112 Å². The summed E-state index contributed by atoms with van der Waals surface area (Å²) >= 11 is 0. The molecule has 1 unspecified atom stereocenters. The minimum Gasteiger partial charge on any atom is -0.457 e. The SMILES string of the molecule is CC(C)OCCCCCC(=O)C(C)(C)C(C)(C)OC(=O)C(C)OC(C)C. The molecule has 5 heteroatoms. The minimum absolute atomic E-state index is 0.0602. The summed E-state index contributed by atoms with van der Waals surface area (Å²) in [6.07, 6.45) is 2.74. The van der Waals surface area contributed by atoms with E-state index < -0.39 is 23.1 Å². The van der Waals surface area contributed by atoms with E-state index in [1.54, 1.807) is 20.8 Å². The molecule has 26 heavy (non-hydrogen) atoms. The van der Waals surface area contributed by atoms with Crippen LogP contribution in [0.15, 0.2) is 0 Å². The van der Waals surface area contributed by atoms with E-state index in [4.69, 9.17) is 14.2 Å². The van der Waals surface area contributed by atoms with Gasteiger partial charge in [0.2, 0.25) is 0 Å². The summed E-state index contributed by atoms with van der Waals surface area (Å²) in [7, 11) is 0. The average molecular weight is 373 g/mol. The molecule has 0 bridgehead atoms. The highest BCUT2D eigenvalue weighted by Crippen LogP contribution is 2.36. The number of ether oxygens (including phenoxy) is 3. The van der Waals surface area contributed by atoms with Crippen LogP contribution in [0.25, 0.3) is 0 Å². The maximum absolute atomic E-state index is 12.7. The Bertz CT molecular complexity index is 438. The van der Waals surface area contributed by atoms with Crippen LogP contribution in [-0.4, -0.2) is 42.3 Å². The van der Waals surface area contributed by atoms with E-state index >= 15 is 0 Å². The van der Waals surface area contributed by atoms with Crippen LogP contribution in [0.1, 0.15) is 88.0 Å². The molecular weight excluding hydrogens is 332 g/mol. The second-order valence-electron chi connectivity index (χ2n) is 8.54. The smallest absolute Gasteiger partial charge is 0.335 e. The van der Waals surface area contributed by atoms with Gasteiger partial charge in [0.1, 0.15) is 11.4 Å². The fourth-order valence-corrected chi connectivity index (χ4v) is 2.46. The van der Waals surface area contributed by atoms with Gasteiger partial charge in [0.15, 0.2) is 6.10 Å². The Hall–Kier alpha value is -0.940. The molecule has 0 radical (unpaired) electrons. The van der Waals surface area contributed by atoms with Gasteiger partial charge in [0, 0.05) is 13.0 Å². The third-order valence-electron chi connectivity index (χ3n) is 4.87. The highest BCUT2D eigenvalue weighted by molar-refractivity contribution is 5.86. The van der Waals surface area contributed by atoms with Gasteiger partial charge in [-0.1, -0.05) is 6.42 Å². The Morgan fingerprint density at radius 3 is 1.92 bits per heavy atom. The van der Waals surface area contributed by atoms with E-state index in [9.17, 15) is 9.59 Å². The largest absolute Gasteiger partial charge is 0.457 e. The number of carbonyl (C=O) groups is 2. The van der Waals surface area contributed by atoms with Crippen LogP contribution < -0.4 is 0 Å². The van der Waals surface area contributed by atoms with Gasteiger partial charge in [0.25, 0.3) is 0 Å². The Labute approximate surface area is 160 Å². The van der Waals surface area contributed by atoms with Crippen molar-refractivity contribution in [1.29, 1.82) is 0 Å². The molecule has 0 heterocycles. The molecule has 0 amide bonds. The van der Waals surface area contributed by atoms with Crippen molar-refractivity contribution in [3.05, 3.63) is 0 Å². The van der Waals surface area contributed by atoms with Crippen LogP contribution in [0.4, 0.5) is 0 Å². The molecule has 5 nitrogen and oxygen atoms in total. The highest BCUT2D eigenvalue weighted by Gasteiger charge is 2.46. The number of rotatable bonds is 13. The molecule has 0 aromatic heterocycles. The number of hydrogen-bond donors (Lipinski definition) is 0. The topological polar surface area (TPSA) is 61.8 Å². The second-order valence-corrected chi connectivity index (χ2v) is 8.54. The molecule has 0 saturated carbocycles. The van der Waals surface area contributed by atoms with Gasteiger partial charge in [-0.2, -0.15) is 0 Å². The zero-order chi connectivity index (χ0) is 20.5. The minimum atomic E-state index is -0.906. The van der Waals surface area contributed by atoms with Crippen LogP contribution in [0, 0.1) is 5.41 Å². The van der Waals surface area contributed by atoms with Gasteiger partial charge in [-0.15, -0.1) is 0 Å². The van der Waals surface area contributed by atoms with Crippen molar-refractivity contribution in [1.82, 2.24) is 0 Å². The van der Waals surface area contributed by atoms with Crippen LogP contribution in [-0.2, 0) is 23.8 Å². The number of Topliss-reactive ketones (excluding diaryl/α,β-unsaturated/α-hetero) is 1. The number of esters is 1. The quantitative estimate of drug-likeness (QED) is 0.346. The maximum atomic E-state index is 12.7. The van der Waals surface area contributed by atoms with Gasteiger partial charge in [-0.05, 0) is 75.2 Å². The molecule has 0 fully saturated rings. The molecule has 154 valence electrons. The highest BCUT2D eigenvalue weighted by atomic mass is 16.6. The van der Waals surface area contributed by atoms with Crippen molar-refractivity contribution < 1.29 is 23.8 Å². The molecule has 0 aromatic rings. The Morgan fingerprint density at radius 1 is 0.846 bits per heavy atom. The number of hydrogen-bond acceptors (Lipinski definition) is 5. The van der Waals surface area contributed by atoms with Crippen molar-refractivity contribution in [3.63, 3.8) is 0 Å². The number of unbranched alkanes of at least 4 members (excludes halogenated alkanes) is 2. The average Bonchev–Trinajstić information content (AvgIpc) is 2.48. The van der Waals surface area contributed by atoms with Crippen molar-refractivity contribution in [2.24, 2.45) is 5.41 Å². The zero-order valence-corrected chi connectivity index (χ0v) is 18.3. The predicted molar refractivity (Wildman–Crippen MR) is 104 cm³/mol.